The highest BCUT2D eigenvalue weighted by Gasteiger charge is 2.52. The van der Waals surface area contributed by atoms with Gasteiger partial charge in [0.15, 0.2) is 0 Å². The van der Waals surface area contributed by atoms with E-state index in [9.17, 15) is 9.90 Å². The van der Waals surface area contributed by atoms with Crippen LogP contribution in [0.3, 0.4) is 0 Å². The molecule has 1 aliphatic carbocycles. The Morgan fingerprint density at radius 1 is 0.974 bits per heavy atom. The molecule has 38 heavy (non-hydrogen) atoms. The number of rotatable bonds is 5. The van der Waals surface area contributed by atoms with E-state index < -0.39 is 11.6 Å². The maximum absolute atomic E-state index is 14.5. The quantitative estimate of drug-likeness (QED) is 0.440. The molecule has 214 valence electrons. The number of nitrogens with zero attached hydrogens (tertiary/aromatic N) is 3. The lowest BCUT2D eigenvalue weighted by Crippen LogP contribution is -2.57. The average Bonchev–Trinajstić information content (AvgIpc) is 3.48. The predicted molar refractivity (Wildman–Crippen MR) is 157 cm³/mol. The van der Waals surface area contributed by atoms with E-state index in [1.54, 1.807) is 0 Å². The molecule has 3 aliphatic rings. The van der Waals surface area contributed by atoms with Gasteiger partial charge in [-0.05, 0) is 82.4 Å². The van der Waals surface area contributed by atoms with Crippen molar-refractivity contribution in [1.82, 2.24) is 14.7 Å². The van der Waals surface area contributed by atoms with E-state index >= 15 is 0 Å². The van der Waals surface area contributed by atoms with E-state index in [1.807, 2.05) is 12.1 Å². The zero-order chi connectivity index (χ0) is 28.1. The molecule has 4 rings (SSSR count). The van der Waals surface area contributed by atoms with Gasteiger partial charge in [0.25, 0.3) is 0 Å². The summed E-state index contributed by atoms with van der Waals surface area (Å²) in [5.41, 5.74) is 0.648. The Labute approximate surface area is 236 Å². The Morgan fingerprint density at radius 3 is 2.11 bits per heavy atom. The van der Waals surface area contributed by atoms with Gasteiger partial charge in [0.2, 0.25) is 5.91 Å². The first-order chi connectivity index (χ1) is 17.5. The number of aliphatic hydroxyl groups is 1. The number of aliphatic hydroxyl groups excluding tert-OH is 1. The first-order valence-electron chi connectivity index (χ1n) is 14.8. The molecule has 0 bridgehead atoms. The van der Waals surface area contributed by atoms with Crippen molar-refractivity contribution >= 4 is 17.5 Å². The Morgan fingerprint density at radius 2 is 1.58 bits per heavy atom. The second kappa shape index (κ2) is 10.7. The highest BCUT2D eigenvalue weighted by Crippen LogP contribution is 2.43. The topological polar surface area (TPSA) is 47.0 Å². The van der Waals surface area contributed by atoms with Crippen LogP contribution in [0.4, 0.5) is 0 Å². The number of hydrogen-bond donors (Lipinski definition) is 1. The third-order valence-corrected chi connectivity index (χ3v) is 9.94. The first-order valence-corrected chi connectivity index (χ1v) is 15.2. The van der Waals surface area contributed by atoms with E-state index in [1.165, 1.54) is 12.8 Å². The number of halogens is 1. The second-order valence-electron chi connectivity index (χ2n) is 15.2. The summed E-state index contributed by atoms with van der Waals surface area (Å²) in [5, 5.41) is 12.3. The third-order valence-electron chi connectivity index (χ3n) is 9.68. The summed E-state index contributed by atoms with van der Waals surface area (Å²) in [5.74, 6) is 0.240. The fourth-order valence-electron chi connectivity index (χ4n) is 6.98. The van der Waals surface area contributed by atoms with E-state index in [0.717, 1.165) is 50.9 Å². The third kappa shape index (κ3) is 6.11. The van der Waals surface area contributed by atoms with Gasteiger partial charge in [-0.1, -0.05) is 58.4 Å². The summed E-state index contributed by atoms with van der Waals surface area (Å²) in [7, 11) is 0. The van der Waals surface area contributed by atoms with Crippen LogP contribution < -0.4 is 0 Å². The van der Waals surface area contributed by atoms with Gasteiger partial charge in [0.05, 0.1) is 5.41 Å². The lowest BCUT2D eigenvalue weighted by atomic mass is 9.74. The van der Waals surface area contributed by atoms with Crippen LogP contribution in [-0.4, -0.2) is 75.7 Å². The summed E-state index contributed by atoms with van der Waals surface area (Å²) in [6.07, 6.45) is 5.79. The smallest absolute Gasteiger partial charge is 0.234 e. The predicted octanol–water partition coefficient (Wildman–Crippen LogP) is 6.32. The zero-order valence-electron chi connectivity index (χ0n) is 25.2. The Balaban J connectivity index is 1.59. The van der Waals surface area contributed by atoms with Crippen LogP contribution in [0.5, 0.6) is 0 Å². The monoisotopic (exact) mass is 545 g/mol. The normalized spacial score (nSPS) is 28.3. The van der Waals surface area contributed by atoms with Crippen molar-refractivity contribution in [3.63, 3.8) is 0 Å². The molecule has 0 aromatic heterocycles. The molecule has 3 fully saturated rings. The molecule has 2 saturated heterocycles. The molecule has 0 spiro atoms. The van der Waals surface area contributed by atoms with E-state index in [2.05, 4.69) is 82.2 Å². The summed E-state index contributed by atoms with van der Waals surface area (Å²) in [6, 6.07) is 8.50. The van der Waals surface area contributed by atoms with Gasteiger partial charge in [0, 0.05) is 54.2 Å². The van der Waals surface area contributed by atoms with Crippen molar-refractivity contribution in [2.75, 3.05) is 26.2 Å². The molecular weight excluding hydrogens is 494 g/mol. The van der Waals surface area contributed by atoms with E-state index in [0.29, 0.717) is 23.0 Å². The molecule has 1 amide bonds. The molecule has 1 aromatic carbocycles. The lowest BCUT2D eigenvalue weighted by Gasteiger charge is -2.48. The number of benzene rings is 1. The molecule has 1 N–H and O–H groups in total. The number of likely N-dealkylation sites (tertiary alicyclic amines) is 2. The molecule has 0 radical (unpaired) electrons. The molecule has 2 unspecified atom stereocenters. The minimum Gasteiger partial charge on any atom is -0.378 e. The van der Waals surface area contributed by atoms with E-state index in [-0.39, 0.29) is 22.9 Å². The Bertz CT molecular complexity index is 970. The van der Waals surface area contributed by atoms with E-state index in [4.69, 9.17) is 11.6 Å². The van der Waals surface area contributed by atoms with Gasteiger partial charge in [-0.25, -0.2) is 0 Å². The van der Waals surface area contributed by atoms with Crippen LogP contribution in [0.2, 0.25) is 5.02 Å². The van der Waals surface area contributed by atoms with Gasteiger partial charge in [0.1, 0.15) is 6.23 Å². The summed E-state index contributed by atoms with van der Waals surface area (Å²) >= 11 is 6.25. The number of carbonyl (C=O) groups excluding carboxylic acids is 1. The van der Waals surface area contributed by atoms with Crippen LogP contribution in [0.15, 0.2) is 24.3 Å². The van der Waals surface area contributed by atoms with Gasteiger partial charge < -0.3 is 10.0 Å². The van der Waals surface area contributed by atoms with Crippen LogP contribution in [0.25, 0.3) is 0 Å². The highest BCUT2D eigenvalue weighted by atomic mass is 35.5. The van der Waals surface area contributed by atoms with Crippen molar-refractivity contribution in [1.29, 1.82) is 0 Å². The molecule has 1 saturated carbocycles. The zero-order valence-corrected chi connectivity index (χ0v) is 25.9. The van der Waals surface area contributed by atoms with Gasteiger partial charge in [-0.2, -0.15) is 0 Å². The van der Waals surface area contributed by atoms with Crippen molar-refractivity contribution in [2.45, 2.75) is 123 Å². The van der Waals surface area contributed by atoms with Crippen LogP contribution in [0.1, 0.15) is 99.5 Å². The van der Waals surface area contributed by atoms with Crippen LogP contribution in [0, 0.1) is 10.8 Å². The summed E-state index contributed by atoms with van der Waals surface area (Å²) in [6.45, 7) is 20.9. The van der Waals surface area contributed by atoms with Crippen molar-refractivity contribution in [2.24, 2.45) is 10.8 Å². The molecule has 5 nitrogen and oxygen atoms in total. The Hall–Kier alpha value is -1.14. The first kappa shape index (κ1) is 29.8. The molecule has 6 heteroatoms. The summed E-state index contributed by atoms with van der Waals surface area (Å²) < 4.78 is 0. The molecule has 2 aliphatic heterocycles. The molecule has 2 heterocycles. The Kier molecular flexibility index (Phi) is 8.39. The van der Waals surface area contributed by atoms with Crippen molar-refractivity contribution < 1.29 is 9.90 Å². The van der Waals surface area contributed by atoms with Crippen LogP contribution >= 0.6 is 11.6 Å². The fourth-order valence-corrected chi connectivity index (χ4v) is 7.11. The standard InChI is InChI=1S/C32H52ClN3O2/c1-29(2,3)27(37)36(25-13-16-31(7,8)17-14-25)26-15-19-34(21-26)28(38)32(23-9-11-24(33)12-10-23)18-20-35(22-32)30(4,5)6/h9-12,25-27,37H,13-22H2,1-8H3/t26-,27?,32?/m0/s1. The minimum atomic E-state index is -0.560. The van der Waals surface area contributed by atoms with Gasteiger partial charge in [-0.3, -0.25) is 14.6 Å². The number of hydrogen-bond acceptors (Lipinski definition) is 4. The summed E-state index contributed by atoms with van der Waals surface area (Å²) in [4.78, 5) is 21.5. The second-order valence-corrected chi connectivity index (χ2v) is 15.6. The fraction of sp³-hybridized carbons (Fsp3) is 0.781. The van der Waals surface area contributed by atoms with Gasteiger partial charge >= 0.3 is 0 Å². The average molecular weight is 546 g/mol. The SMILES string of the molecule is CC1(C)CCC(N(C(O)C(C)(C)C)[C@H]2CCN(C(=O)C3(c4ccc(Cl)cc4)CCN(C(C)(C)C)C3)C2)CC1. The largest absolute Gasteiger partial charge is 0.378 e. The van der Waals surface area contributed by atoms with Gasteiger partial charge in [-0.15, -0.1) is 0 Å². The lowest BCUT2D eigenvalue weighted by molar-refractivity contribution is -0.138. The molecule has 3 atom stereocenters. The highest BCUT2D eigenvalue weighted by molar-refractivity contribution is 6.30. The minimum absolute atomic E-state index is 0.00434. The molecular formula is C32H52ClN3O2. The van der Waals surface area contributed by atoms with Crippen molar-refractivity contribution in [3.8, 4) is 0 Å². The maximum atomic E-state index is 14.5. The maximum Gasteiger partial charge on any atom is 0.234 e. The van der Waals surface area contributed by atoms with Crippen molar-refractivity contribution in [3.05, 3.63) is 34.9 Å². The number of carbonyl (C=O) groups is 1. The van der Waals surface area contributed by atoms with Crippen LogP contribution in [-0.2, 0) is 10.2 Å². The number of amides is 1. The molecule has 1 aromatic rings.